The van der Waals surface area contributed by atoms with Gasteiger partial charge in [-0.25, -0.2) is 4.79 Å². The topological polar surface area (TPSA) is 46.6 Å². The fourth-order valence-corrected chi connectivity index (χ4v) is 1.41. The Kier molecular flexibility index (Phi) is 5.33. The molecule has 0 aromatic rings. The molecule has 0 radical (unpaired) electrons. The van der Waals surface area contributed by atoms with E-state index in [1.807, 2.05) is 20.8 Å². The molecule has 0 aliphatic carbocycles. The summed E-state index contributed by atoms with van der Waals surface area (Å²) in [7, 11) is 2.97. The van der Waals surface area contributed by atoms with E-state index in [2.05, 4.69) is 0 Å². The van der Waals surface area contributed by atoms with Crippen LogP contribution < -0.4 is 0 Å². The van der Waals surface area contributed by atoms with Crippen LogP contribution in [0.25, 0.3) is 0 Å². The molecule has 0 aromatic carbocycles. The van der Waals surface area contributed by atoms with Crippen molar-refractivity contribution < 1.29 is 14.3 Å². The molecule has 0 heterocycles. The quantitative estimate of drug-likeness (QED) is 0.664. The second-order valence-electron chi connectivity index (χ2n) is 4.20. The first-order chi connectivity index (χ1) is 6.82. The molecule has 0 aliphatic rings. The number of ether oxygens (including phenoxy) is 1. The average molecular weight is 215 g/mol. The Bertz CT molecular complexity index is 238. The molecule has 0 N–H and O–H groups in total. The molecule has 4 heteroatoms. The second kappa shape index (κ2) is 5.73. The Morgan fingerprint density at radius 3 is 1.93 bits per heavy atom. The molecule has 4 nitrogen and oxygen atoms in total. The van der Waals surface area contributed by atoms with E-state index in [0.29, 0.717) is 5.92 Å². The van der Waals surface area contributed by atoms with Crippen LogP contribution in [0.4, 0.5) is 0 Å². The summed E-state index contributed by atoms with van der Waals surface area (Å²) in [5.41, 5.74) is 0. The monoisotopic (exact) mass is 215 g/mol. The predicted octanol–water partition coefficient (Wildman–Crippen LogP) is 1.30. The maximum absolute atomic E-state index is 11.6. The second-order valence-corrected chi connectivity index (χ2v) is 4.20. The maximum atomic E-state index is 11.6. The molecule has 2 unspecified atom stereocenters. The van der Waals surface area contributed by atoms with Crippen molar-refractivity contribution in [2.75, 3.05) is 14.2 Å². The van der Waals surface area contributed by atoms with Gasteiger partial charge in [0.2, 0.25) is 5.91 Å². The van der Waals surface area contributed by atoms with Gasteiger partial charge >= 0.3 is 5.97 Å². The van der Waals surface area contributed by atoms with Gasteiger partial charge in [0, 0.05) is 14.0 Å². The zero-order valence-corrected chi connectivity index (χ0v) is 10.4. The van der Waals surface area contributed by atoms with Crippen LogP contribution >= 0.6 is 0 Å². The summed E-state index contributed by atoms with van der Waals surface area (Å²) in [5.74, 6) is -0.0888. The van der Waals surface area contributed by atoms with E-state index in [9.17, 15) is 9.59 Å². The van der Waals surface area contributed by atoms with Gasteiger partial charge in [-0.15, -0.1) is 0 Å². The zero-order chi connectivity index (χ0) is 12.2. The Morgan fingerprint density at radius 2 is 1.67 bits per heavy atom. The highest BCUT2D eigenvalue weighted by molar-refractivity contribution is 5.83. The third-order valence-electron chi connectivity index (χ3n) is 2.91. The first-order valence-corrected chi connectivity index (χ1v) is 5.14. The standard InChI is InChI=1S/C11H21NO3/c1-7(2)8(3)10(11(14)15-6)12(5)9(4)13/h7-8,10H,1-6H3. The van der Waals surface area contributed by atoms with Gasteiger partial charge in [-0.2, -0.15) is 0 Å². The van der Waals surface area contributed by atoms with E-state index >= 15 is 0 Å². The number of rotatable bonds is 4. The van der Waals surface area contributed by atoms with Crippen molar-refractivity contribution in [2.45, 2.75) is 33.7 Å². The number of hydrogen-bond donors (Lipinski definition) is 0. The molecule has 0 rings (SSSR count). The first-order valence-electron chi connectivity index (χ1n) is 5.14. The molecular formula is C11H21NO3. The first kappa shape index (κ1) is 13.9. The summed E-state index contributed by atoms with van der Waals surface area (Å²) in [4.78, 5) is 24.3. The van der Waals surface area contributed by atoms with E-state index < -0.39 is 6.04 Å². The number of esters is 1. The third-order valence-corrected chi connectivity index (χ3v) is 2.91. The lowest BCUT2D eigenvalue weighted by Crippen LogP contribution is -2.47. The van der Waals surface area contributed by atoms with Crippen molar-refractivity contribution in [3.63, 3.8) is 0 Å². The number of amides is 1. The zero-order valence-electron chi connectivity index (χ0n) is 10.4. The normalized spacial score (nSPS) is 14.6. The molecule has 0 aromatic heterocycles. The third kappa shape index (κ3) is 3.53. The molecule has 0 spiro atoms. The molecule has 0 saturated heterocycles. The molecule has 0 saturated carbocycles. The van der Waals surface area contributed by atoms with Gasteiger partial charge in [0.15, 0.2) is 0 Å². The summed E-state index contributed by atoms with van der Waals surface area (Å²) in [6.45, 7) is 7.44. The van der Waals surface area contributed by atoms with Gasteiger partial charge in [-0.1, -0.05) is 20.8 Å². The fourth-order valence-electron chi connectivity index (χ4n) is 1.41. The molecule has 0 aliphatic heterocycles. The Morgan fingerprint density at radius 1 is 1.20 bits per heavy atom. The highest BCUT2D eigenvalue weighted by Gasteiger charge is 2.32. The SMILES string of the molecule is COC(=O)C(C(C)C(C)C)N(C)C(C)=O. The summed E-state index contributed by atoms with van der Waals surface area (Å²) in [6.07, 6.45) is 0. The van der Waals surface area contributed by atoms with Crippen molar-refractivity contribution in [1.29, 1.82) is 0 Å². The number of hydrogen-bond acceptors (Lipinski definition) is 3. The molecule has 2 atom stereocenters. The van der Waals surface area contributed by atoms with Crippen LogP contribution in [0.3, 0.4) is 0 Å². The summed E-state index contributed by atoms with van der Waals surface area (Å²) in [5, 5.41) is 0. The van der Waals surface area contributed by atoms with Crippen LogP contribution in [0.2, 0.25) is 0 Å². The molecule has 15 heavy (non-hydrogen) atoms. The van der Waals surface area contributed by atoms with Crippen LogP contribution in [-0.2, 0) is 14.3 Å². The number of methoxy groups -OCH3 is 1. The summed E-state index contributed by atoms with van der Waals surface area (Å²) >= 11 is 0. The Hall–Kier alpha value is -1.06. The number of nitrogens with zero attached hydrogens (tertiary/aromatic N) is 1. The number of likely N-dealkylation sites (N-methyl/N-ethyl adjacent to an activating group) is 1. The largest absolute Gasteiger partial charge is 0.467 e. The van der Waals surface area contributed by atoms with Crippen molar-refractivity contribution >= 4 is 11.9 Å². The van der Waals surface area contributed by atoms with Crippen molar-refractivity contribution in [1.82, 2.24) is 4.90 Å². The lowest BCUT2D eigenvalue weighted by Gasteiger charge is -2.31. The highest BCUT2D eigenvalue weighted by atomic mass is 16.5. The molecule has 0 bridgehead atoms. The molecule has 1 amide bonds. The van der Waals surface area contributed by atoms with E-state index in [1.54, 1.807) is 7.05 Å². The molecule has 0 fully saturated rings. The van der Waals surface area contributed by atoms with Crippen LogP contribution in [0.15, 0.2) is 0 Å². The van der Waals surface area contributed by atoms with Crippen LogP contribution in [0.5, 0.6) is 0 Å². The Balaban J connectivity index is 4.88. The van der Waals surface area contributed by atoms with E-state index in [4.69, 9.17) is 4.74 Å². The van der Waals surface area contributed by atoms with E-state index in [0.717, 1.165) is 0 Å². The molecule has 88 valence electrons. The van der Waals surface area contributed by atoms with Gasteiger partial charge in [-0.3, -0.25) is 4.79 Å². The lowest BCUT2D eigenvalue weighted by atomic mass is 9.89. The minimum atomic E-state index is -0.493. The highest BCUT2D eigenvalue weighted by Crippen LogP contribution is 2.19. The van der Waals surface area contributed by atoms with Crippen LogP contribution in [0.1, 0.15) is 27.7 Å². The minimum absolute atomic E-state index is 0.0753. The number of carbonyl (C=O) groups excluding carboxylic acids is 2. The van der Waals surface area contributed by atoms with Gasteiger partial charge in [0.1, 0.15) is 6.04 Å². The van der Waals surface area contributed by atoms with Crippen molar-refractivity contribution in [2.24, 2.45) is 11.8 Å². The maximum Gasteiger partial charge on any atom is 0.328 e. The van der Waals surface area contributed by atoms with Crippen LogP contribution in [-0.4, -0.2) is 37.0 Å². The Labute approximate surface area is 91.6 Å². The van der Waals surface area contributed by atoms with Crippen molar-refractivity contribution in [3.8, 4) is 0 Å². The summed E-state index contributed by atoms with van der Waals surface area (Å²) < 4.78 is 4.72. The lowest BCUT2D eigenvalue weighted by molar-refractivity contribution is -0.154. The predicted molar refractivity (Wildman–Crippen MR) is 58.3 cm³/mol. The summed E-state index contributed by atoms with van der Waals surface area (Å²) in [6, 6.07) is -0.493. The smallest absolute Gasteiger partial charge is 0.328 e. The van der Waals surface area contributed by atoms with Crippen LogP contribution in [0, 0.1) is 11.8 Å². The fraction of sp³-hybridized carbons (Fsp3) is 0.818. The van der Waals surface area contributed by atoms with E-state index in [-0.39, 0.29) is 17.8 Å². The average Bonchev–Trinajstić information content (AvgIpc) is 2.16. The van der Waals surface area contributed by atoms with Gasteiger partial charge in [-0.05, 0) is 11.8 Å². The minimum Gasteiger partial charge on any atom is -0.467 e. The molecular weight excluding hydrogens is 194 g/mol. The van der Waals surface area contributed by atoms with Gasteiger partial charge < -0.3 is 9.64 Å². The number of carbonyl (C=O) groups is 2. The van der Waals surface area contributed by atoms with Gasteiger partial charge in [0.05, 0.1) is 7.11 Å². The van der Waals surface area contributed by atoms with E-state index in [1.165, 1.54) is 18.9 Å². The van der Waals surface area contributed by atoms with Gasteiger partial charge in [0.25, 0.3) is 0 Å². The van der Waals surface area contributed by atoms with Crippen molar-refractivity contribution in [3.05, 3.63) is 0 Å².